The number of nitrogens with zero attached hydrogens (tertiary/aromatic N) is 5. The van der Waals surface area contributed by atoms with Crippen molar-refractivity contribution in [3.05, 3.63) is 17.1 Å². The fraction of sp³-hybridized carbons (Fsp3) is 0.600. The molecule has 2 atom stereocenters. The largest absolute Gasteiger partial charge is 0.469 e. The van der Waals surface area contributed by atoms with Gasteiger partial charge in [0.1, 0.15) is 10.9 Å². The Morgan fingerprint density at radius 3 is 2.91 bits per heavy atom. The van der Waals surface area contributed by atoms with E-state index in [2.05, 4.69) is 49.7 Å². The van der Waals surface area contributed by atoms with E-state index < -0.39 is 0 Å². The van der Waals surface area contributed by atoms with Gasteiger partial charge >= 0.3 is 5.97 Å². The first kappa shape index (κ1) is 16.2. The van der Waals surface area contributed by atoms with E-state index in [4.69, 9.17) is 4.74 Å². The summed E-state index contributed by atoms with van der Waals surface area (Å²) in [5.41, 5.74) is 0.724. The van der Waals surface area contributed by atoms with Gasteiger partial charge in [-0.25, -0.2) is 14.5 Å². The van der Waals surface area contributed by atoms with Gasteiger partial charge in [-0.2, -0.15) is 5.10 Å². The Labute approximate surface area is 143 Å². The van der Waals surface area contributed by atoms with E-state index in [-0.39, 0.29) is 17.9 Å². The molecule has 2 aromatic heterocycles. The number of anilines is 1. The lowest BCUT2D eigenvalue weighted by Gasteiger charge is -2.41. The summed E-state index contributed by atoms with van der Waals surface area (Å²) in [5.74, 6) is 1.03. The summed E-state index contributed by atoms with van der Waals surface area (Å²) in [6.07, 6.45) is 4.79. The third kappa shape index (κ3) is 2.91. The van der Waals surface area contributed by atoms with Gasteiger partial charge < -0.3 is 9.64 Å². The number of ether oxygens (including phenoxy) is 1. The van der Waals surface area contributed by atoms with Crippen molar-refractivity contribution in [2.45, 2.75) is 32.7 Å². The summed E-state index contributed by atoms with van der Waals surface area (Å²) in [7, 11) is 1.45. The molecule has 3 rings (SSSR count). The third-order valence-electron chi connectivity index (χ3n) is 4.46. The minimum absolute atomic E-state index is 0.0482. The zero-order valence-corrected chi connectivity index (χ0v) is 15.0. The van der Waals surface area contributed by atoms with Crippen LogP contribution < -0.4 is 4.90 Å². The second kappa shape index (κ2) is 6.43. The number of carbonyl (C=O) groups excluding carboxylic acids is 1. The van der Waals surface area contributed by atoms with Crippen molar-refractivity contribution in [2.24, 2.45) is 11.8 Å². The number of hydrogen-bond donors (Lipinski definition) is 0. The van der Waals surface area contributed by atoms with Crippen molar-refractivity contribution < 1.29 is 9.53 Å². The highest BCUT2D eigenvalue weighted by molar-refractivity contribution is 9.10. The minimum atomic E-state index is -0.119. The van der Waals surface area contributed by atoms with Gasteiger partial charge in [0.15, 0.2) is 11.5 Å². The van der Waals surface area contributed by atoms with Gasteiger partial charge in [0.05, 0.1) is 19.2 Å². The van der Waals surface area contributed by atoms with Crippen LogP contribution in [-0.4, -0.2) is 45.2 Å². The predicted octanol–water partition coefficient (Wildman–Crippen LogP) is 2.30. The Bertz CT molecular complexity index is 717. The number of hydrogen-bond acceptors (Lipinski definition) is 6. The lowest BCUT2D eigenvalue weighted by molar-refractivity contribution is -0.146. The minimum Gasteiger partial charge on any atom is -0.469 e. The van der Waals surface area contributed by atoms with E-state index in [1.807, 2.05) is 0 Å². The second-order valence-electron chi connectivity index (χ2n) is 6.15. The fourth-order valence-corrected chi connectivity index (χ4v) is 3.61. The van der Waals surface area contributed by atoms with Gasteiger partial charge in [0.25, 0.3) is 0 Å². The van der Waals surface area contributed by atoms with Gasteiger partial charge in [-0.1, -0.05) is 13.8 Å². The smallest absolute Gasteiger partial charge is 0.308 e. The Morgan fingerprint density at radius 1 is 1.43 bits per heavy atom. The first-order valence-electron chi connectivity index (χ1n) is 7.71. The molecular weight excluding hydrogens is 362 g/mol. The molecule has 0 radical (unpaired) electrons. The highest BCUT2D eigenvalue weighted by Crippen LogP contribution is 2.33. The zero-order chi connectivity index (χ0) is 16.6. The Hall–Kier alpha value is -1.70. The van der Waals surface area contributed by atoms with Crippen LogP contribution in [0, 0.1) is 11.8 Å². The number of rotatable bonds is 3. The molecule has 124 valence electrons. The van der Waals surface area contributed by atoms with E-state index >= 15 is 0 Å². The Morgan fingerprint density at radius 2 is 2.22 bits per heavy atom. The molecule has 3 heterocycles. The molecule has 2 aromatic rings. The molecule has 0 aromatic carbocycles. The summed E-state index contributed by atoms with van der Waals surface area (Å²) in [6.45, 7) is 5.08. The molecule has 0 unspecified atom stereocenters. The molecule has 0 bridgehead atoms. The van der Waals surface area contributed by atoms with Crippen LogP contribution in [0.4, 0.5) is 5.82 Å². The lowest BCUT2D eigenvalue weighted by atomic mass is 9.85. The van der Waals surface area contributed by atoms with Crippen molar-refractivity contribution in [2.75, 3.05) is 18.6 Å². The number of carbonyl (C=O) groups is 1. The molecule has 0 amide bonds. The van der Waals surface area contributed by atoms with E-state index in [1.165, 1.54) is 7.11 Å². The highest BCUT2D eigenvalue weighted by atomic mass is 79.9. The summed E-state index contributed by atoms with van der Waals surface area (Å²) < 4.78 is 7.45. The van der Waals surface area contributed by atoms with Crippen LogP contribution in [0.5, 0.6) is 0 Å². The second-order valence-corrected chi connectivity index (χ2v) is 6.96. The van der Waals surface area contributed by atoms with Crippen molar-refractivity contribution in [1.82, 2.24) is 19.6 Å². The molecule has 1 aliphatic heterocycles. The van der Waals surface area contributed by atoms with Crippen LogP contribution in [0.1, 0.15) is 26.7 Å². The summed E-state index contributed by atoms with van der Waals surface area (Å²) in [6, 6.07) is 0.210. The first-order valence-corrected chi connectivity index (χ1v) is 8.51. The first-order chi connectivity index (χ1) is 11.0. The van der Waals surface area contributed by atoms with Crippen LogP contribution in [0.2, 0.25) is 0 Å². The molecular formula is C15H20BrN5O2. The normalized spacial score (nSPS) is 21.9. The molecule has 0 saturated carbocycles. The average molecular weight is 382 g/mol. The Balaban J connectivity index is 1.96. The maximum absolute atomic E-state index is 11.9. The third-order valence-corrected chi connectivity index (χ3v) is 5.01. The monoisotopic (exact) mass is 381 g/mol. The molecule has 1 saturated heterocycles. The number of fused-ring (bicyclic) bond motifs is 1. The summed E-state index contributed by atoms with van der Waals surface area (Å²) >= 11 is 3.44. The van der Waals surface area contributed by atoms with E-state index in [0.717, 1.165) is 35.5 Å². The standard InChI is InChI=1S/C15H20BrN5O2/c1-9(2)11-6-10(15(22)23-3)4-5-20(11)13-14-17-7-12(16)21(14)19-8-18-13/h7-11H,4-6H2,1-3H3/t10-,11+/m1/s1. The maximum Gasteiger partial charge on any atom is 0.308 e. The molecule has 1 aliphatic rings. The van der Waals surface area contributed by atoms with Gasteiger partial charge in [0.2, 0.25) is 0 Å². The van der Waals surface area contributed by atoms with Gasteiger partial charge in [-0.15, -0.1) is 0 Å². The van der Waals surface area contributed by atoms with Crippen LogP contribution in [0.15, 0.2) is 17.1 Å². The van der Waals surface area contributed by atoms with Crippen molar-refractivity contribution in [1.29, 1.82) is 0 Å². The molecule has 0 N–H and O–H groups in total. The molecule has 1 fully saturated rings. The van der Waals surface area contributed by atoms with Gasteiger partial charge in [-0.05, 0) is 34.7 Å². The quantitative estimate of drug-likeness (QED) is 0.759. The number of aromatic nitrogens is 4. The molecule has 8 heteroatoms. The fourth-order valence-electron chi connectivity index (χ4n) is 3.25. The number of halogens is 1. The van der Waals surface area contributed by atoms with Gasteiger partial charge in [-0.3, -0.25) is 4.79 Å². The number of esters is 1. The van der Waals surface area contributed by atoms with E-state index in [1.54, 1.807) is 17.0 Å². The van der Waals surface area contributed by atoms with Crippen LogP contribution in [0.25, 0.3) is 5.65 Å². The van der Waals surface area contributed by atoms with Crippen molar-refractivity contribution in [3.63, 3.8) is 0 Å². The molecule has 7 nitrogen and oxygen atoms in total. The topological polar surface area (TPSA) is 72.6 Å². The average Bonchev–Trinajstić information content (AvgIpc) is 2.95. The number of piperidine rings is 1. The SMILES string of the molecule is COC(=O)[C@@H]1CCN(c2ncnn3c(Br)cnc23)[C@H](C(C)C)C1. The van der Waals surface area contributed by atoms with E-state index in [9.17, 15) is 4.79 Å². The zero-order valence-electron chi connectivity index (χ0n) is 13.4. The van der Waals surface area contributed by atoms with Crippen LogP contribution >= 0.6 is 15.9 Å². The maximum atomic E-state index is 11.9. The molecule has 0 spiro atoms. The highest BCUT2D eigenvalue weighted by Gasteiger charge is 2.36. The van der Waals surface area contributed by atoms with Gasteiger partial charge in [0, 0.05) is 12.6 Å². The Kier molecular flexibility index (Phi) is 4.52. The molecule has 0 aliphatic carbocycles. The van der Waals surface area contributed by atoms with Crippen LogP contribution in [-0.2, 0) is 9.53 Å². The lowest BCUT2D eigenvalue weighted by Crippen LogP contribution is -2.48. The number of imidazole rings is 1. The molecule has 23 heavy (non-hydrogen) atoms. The van der Waals surface area contributed by atoms with Crippen LogP contribution in [0.3, 0.4) is 0 Å². The van der Waals surface area contributed by atoms with Crippen molar-refractivity contribution in [3.8, 4) is 0 Å². The van der Waals surface area contributed by atoms with E-state index in [0.29, 0.717) is 5.92 Å². The summed E-state index contributed by atoms with van der Waals surface area (Å²) in [4.78, 5) is 23.0. The predicted molar refractivity (Wildman–Crippen MR) is 89.2 cm³/mol. The number of methoxy groups -OCH3 is 1. The van der Waals surface area contributed by atoms with Crippen molar-refractivity contribution >= 4 is 33.4 Å². The summed E-state index contributed by atoms with van der Waals surface area (Å²) in [5, 5.41) is 4.22.